The maximum absolute atomic E-state index is 12.3. The number of carboxylic acid groups (broad SMARTS) is 1. The third-order valence-electron chi connectivity index (χ3n) is 3.79. The first-order valence-electron chi connectivity index (χ1n) is 8.09. The molecule has 6 nitrogen and oxygen atoms in total. The van der Waals surface area contributed by atoms with E-state index in [-0.39, 0.29) is 16.2 Å². The maximum atomic E-state index is 12.3. The van der Waals surface area contributed by atoms with Crippen LogP contribution in [0, 0.1) is 11.3 Å². The summed E-state index contributed by atoms with van der Waals surface area (Å²) in [6.07, 6.45) is 1.33. The van der Waals surface area contributed by atoms with E-state index in [0.29, 0.717) is 22.8 Å². The summed E-state index contributed by atoms with van der Waals surface area (Å²) in [5, 5.41) is 21.0. The summed E-state index contributed by atoms with van der Waals surface area (Å²) in [5.74, 6) is -0.956. The molecule has 0 bridgehead atoms. The van der Waals surface area contributed by atoms with Crippen LogP contribution in [0.2, 0.25) is 5.02 Å². The van der Waals surface area contributed by atoms with Crippen LogP contribution in [0.1, 0.15) is 16.1 Å². The van der Waals surface area contributed by atoms with Gasteiger partial charge in [-0.15, -0.1) is 0 Å². The Labute approximate surface area is 165 Å². The largest absolute Gasteiger partial charge is 0.478 e. The highest BCUT2D eigenvalue weighted by Crippen LogP contribution is 2.28. The van der Waals surface area contributed by atoms with E-state index in [1.54, 1.807) is 42.5 Å². The Morgan fingerprint density at radius 1 is 1.11 bits per heavy atom. The normalized spacial score (nSPS) is 10.9. The van der Waals surface area contributed by atoms with Crippen LogP contribution in [0.15, 0.2) is 70.7 Å². The molecule has 2 aromatic carbocycles. The molecule has 0 atom stereocenters. The molecule has 138 valence electrons. The van der Waals surface area contributed by atoms with Gasteiger partial charge in [0.15, 0.2) is 0 Å². The summed E-state index contributed by atoms with van der Waals surface area (Å²) in [4.78, 5) is 23.3. The second-order valence-corrected chi connectivity index (χ2v) is 6.10. The van der Waals surface area contributed by atoms with Gasteiger partial charge in [-0.3, -0.25) is 4.79 Å². The summed E-state index contributed by atoms with van der Waals surface area (Å²) < 4.78 is 5.64. The minimum absolute atomic E-state index is 0.0126. The van der Waals surface area contributed by atoms with Gasteiger partial charge in [0.25, 0.3) is 5.91 Å². The molecular formula is C21H13ClN2O4. The molecule has 0 spiro atoms. The number of nitrogens with one attached hydrogen (secondary N) is 1. The Morgan fingerprint density at radius 3 is 2.50 bits per heavy atom. The summed E-state index contributed by atoms with van der Waals surface area (Å²) in [5.41, 5.74) is 1.01. The standard InChI is InChI=1S/C21H13ClN2O4/c22-18-11-13(6-8-17(18)21(26)27)19-9-7-16(28-19)10-14(12-23)20(25)24-15-4-2-1-3-5-15/h1-11H,(H,24,25)(H,26,27). The molecule has 0 unspecified atom stereocenters. The van der Waals surface area contributed by atoms with Gasteiger partial charge in [-0.2, -0.15) is 5.26 Å². The van der Waals surface area contributed by atoms with Crippen LogP contribution in [0.3, 0.4) is 0 Å². The van der Waals surface area contributed by atoms with Crippen molar-refractivity contribution in [3.8, 4) is 17.4 Å². The second kappa shape index (κ2) is 8.25. The zero-order valence-electron chi connectivity index (χ0n) is 14.3. The molecule has 0 aliphatic rings. The number of carboxylic acids is 1. The predicted molar refractivity (Wildman–Crippen MR) is 105 cm³/mol. The molecule has 3 aromatic rings. The van der Waals surface area contributed by atoms with Crippen LogP contribution >= 0.6 is 11.6 Å². The number of hydrogen-bond donors (Lipinski definition) is 2. The highest BCUT2D eigenvalue weighted by molar-refractivity contribution is 6.33. The van der Waals surface area contributed by atoms with E-state index in [2.05, 4.69) is 5.32 Å². The molecule has 3 rings (SSSR count). The number of carbonyl (C=O) groups excluding carboxylic acids is 1. The molecule has 0 fully saturated rings. The van der Waals surface area contributed by atoms with Crippen molar-refractivity contribution < 1.29 is 19.1 Å². The molecule has 0 aliphatic carbocycles. The Morgan fingerprint density at radius 2 is 1.86 bits per heavy atom. The summed E-state index contributed by atoms with van der Waals surface area (Å²) >= 11 is 5.98. The Kier molecular flexibility index (Phi) is 5.58. The van der Waals surface area contributed by atoms with Gasteiger partial charge in [0, 0.05) is 17.3 Å². The topological polar surface area (TPSA) is 103 Å². The average Bonchev–Trinajstić information content (AvgIpc) is 3.15. The summed E-state index contributed by atoms with van der Waals surface area (Å²) in [6.45, 7) is 0. The number of nitriles is 1. The minimum atomic E-state index is -1.12. The van der Waals surface area contributed by atoms with Crippen LogP contribution in [0.25, 0.3) is 17.4 Å². The van der Waals surface area contributed by atoms with E-state index >= 15 is 0 Å². The van der Waals surface area contributed by atoms with Crippen molar-refractivity contribution in [3.05, 3.63) is 82.6 Å². The van der Waals surface area contributed by atoms with Gasteiger partial charge in [0.1, 0.15) is 23.2 Å². The van der Waals surface area contributed by atoms with Crippen molar-refractivity contribution in [1.29, 1.82) is 5.26 Å². The van der Waals surface area contributed by atoms with E-state index in [0.717, 1.165) is 0 Å². The summed E-state index contributed by atoms with van der Waals surface area (Å²) in [6, 6.07) is 18.3. The number of anilines is 1. The van der Waals surface area contributed by atoms with Gasteiger partial charge in [0.2, 0.25) is 0 Å². The molecule has 0 saturated carbocycles. The van der Waals surface area contributed by atoms with Crippen molar-refractivity contribution in [2.24, 2.45) is 0 Å². The number of nitrogens with zero attached hydrogens (tertiary/aromatic N) is 1. The van der Waals surface area contributed by atoms with E-state index in [1.165, 1.54) is 18.2 Å². The molecule has 0 radical (unpaired) electrons. The van der Waals surface area contributed by atoms with Gasteiger partial charge in [-0.1, -0.05) is 35.9 Å². The number of amides is 1. The van der Waals surface area contributed by atoms with Gasteiger partial charge in [-0.25, -0.2) is 4.79 Å². The van der Waals surface area contributed by atoms with Gasteiger partial charge in [0.05, 0.1) is 10.6 Å². The maximum Gasteiger partial charge on any atom is 0.337 e. The first-order valence-corrected chi connectivity index (χ1v) is 8.47. The number of carbonyl (C=O) groups is 2. The Bertz CT molecular complexity index is 1110. The summed E-state index contributed by atoms with van der Waals surface area (Å²) in [7, 11) is 0. The number of furan rings is 1. The third kappa shape index (κ3) is 4.29. The number of aromatic carboxylic acids is 1. The fourth-order valence-electron chi connectivity index (χ4n) is 2.44. The fourth-order valence-corrected chi connectivity index (χ4v) is 2.70. The quantitative estimate of drug-likeness (QED) is 0.477. The van der Waals surface area contributed by atoms with Crippen molar-refractivity contribution >= 4 is 35.2 Å². The molecule has 1 amide bonds. The first kappa shape index (κ1) is 19.0. The molecule has 1 heterocycles. The van der Waals surface area contributed by atoms with E-state index in [4.69, 9.17) is 21.1 Å². The van der Waals surface area contributed by atoms with Gasteiger partial charge >= 0.3 is 5.97 Å². The van der Waals surface area contributed by atoms with Crippen molar-refractivity contribution in [1.82, 2.24) is 0 Å². The average molecular weight is 393 g/mol. The molecular weight excluding hydrogens is 380 g/mol. The number of halogens is 1. The van der Waals surface area contributed by atoms with Crippen molar-refractivity contribution in [2.75, 3.05) is 5.32 Å². The van der Waals surface area contributed by atoms with Crippen LogP contribution in [-0.2, 0) is 4.79 Å². The third-order valence-corrected chi connectivity index (χ3v) is 4.11. The van der Waals surface area contributed by atoms with E-state index in [1.807, 2.05) is 12.1 Å². The van der Waals surface area contributed by atoms with Crippen molar-refractivity contribution in [2.45, 2.75) is 0 Å². The zero-order chi connectivity index (χ0) is 20.1. The van der Waals surface area contributed by atoms with Crippen molar-refractivity contribution in [3.63, 3.8) is 0 Å². The SMILES string of the molecule is N#CC(=Cc1ccc(-c2ccc(C(=O)O)c(Cl)c2)o1)C(=O)Nc1ccccc1. The lowest BCUT2D eigenvalue weighted by molar-refractivity contribution is -0.112. The molecule has 1 aromatic heterocycles. The lowest BCUT2D eigenvalue weighted by atomic mass is 10.1. The fraction of sp³-hybridized carbons (Fsp3) is 0. The van der Waals surface area contributed by atoms with Gasteiger partial charge in [-0.05, 0) is 36.4 Å². The lowest BCUT2D eigenvalue weighted by Crippen LogP contribution is -2.13. The first-order chi connectivity index (χ1) is 13.5. The van der Waals surface area contributed by atoms with E-state index in [9.17, 15) is 14.9 Å². The van der Waals surface area contributed by atoms with Crippen LogP contribution in [0.5, 0.6) is 0 Å². The van der Waals surface area contributed by atoms with Gasteiger partial charge < -0.3 is 14.8 Å². The highest BCUT2D eigenvalue weighted by atomic mass is 35.5. The Balaban J connectivity index is 1.82. The molecule has 28 heavy (non-hydrogen) atoms. The van der Waals surface area contributed by atoms with Crippen LogP contribution < -0.4 is 5.32 Å². The second-order valence-electron chi connectivity index (χ2n) is 5.69. The van der Waals surface area contributed by atoms with Crippen LogP contribution in [0.4, 0.5) is 5.69 Å². The number of hydrogen-bond acceptors (Lipinski definition) is 4. The molecule has 0 aliphatic heterocycles. The number of rotatable bonds is 5. The molecule has 2 N–H and O–H groups in total. The number of para-hydroxylation sites is 1. The predicted octanol–water partition coefficient (Wildman–Crippen LogP) is 4.84. The van der Waals surface area contributed by atoms with E-state index < -0.39 is 11.9 Å². The molecule has 7 heteroatoms. The zero-order valence-corrected chi connectivity index (χ0v) is 15.1. The smallest absolute Gasteiger partial charge is 0.337 e. The van der Waals surface area contributed by atoms with Crippen LogP contribution in [-0.4, -0.2) is 17.0 Å². The molecule has 0 saturated heterocycles. The monoisotopic (exact) mass is 392 g/mol. The lowest BCUT2D eigenvalue weighted by Gasteiger charge is -2.03. The highest BCUT2D eigenvalue weighted by Gasteiger charge is 2.13. The Hall–Kier alpha value is -3.82. The minimum Gasteiger partial charge on any atom is -0.478 e. The number of benzene rings is 2.